The third-order valence-electron chi connectivity index (χ3n) is 5.40. The normalized spacial score (nSPS) is 16.0. The van der Waals surface area contributed by atoms with Crippen molar-refractivity contribution in [1.82, 2.24) is 29.5 Å². The predicted octanol–water partition coefficient (Wildman–Crippen LogP) is -1.85. The van der Waals surface area contributed by atoms with Gasteiger partial charge < -0.3 is 10.2 Å². The second-order valence-electron chi connectivity index (χ2n) is 8.96. The number of aromatic nitrogens is 4. The third-order valence-corrected chi connectivity index (χ3v) is 5.40. The summed E-state index contributed by atoms with van der Waals surface area (Å²) in [6, 6.07) is 3.91. The van der Waals surface area contributed by atoms with Gasteiger partial charge in [-0.05, 0) is 29.8 Å². The molecule has 0 spiro atoms. The molecular formula is C19H26B3N7O. The van der Waals surface area contributed by atoms with Crippen molar-refractivity contribution in [3.05, 3.63) is 36.9 Å². The Morgan fingerprint density at radius 3 is 2.50 bits per heavy atom. The summed E-state index contributed by atoms with van der Waals surface area (Å²) >= 11 is 0. The minimum absolute atomic E-state index is 0.0351. The molecule has 0 aliphatic carbocycles. The van der Waals surface area contributed by atoms with Gasteiger partial charge in [-0.25, -0.2) is 4.98 Å². The van der Waals surface area contributed by atoms with Gasteiger partial charge in [0, 0.05) is 55.7 Å². The number of rotatable bonds is 5. The summed E-state index contributed by atoms with van der Waals surface area (Å²) in [6.45, 7) is 4.19. The van der Waals surface area contributed by atoms with E-state index < -0.39 is 0 Å². The number of fused-ring (bicyclic) bond motifs is 1. The van der Waals surface area contributed by atoms with Crippen LogP contribution in [-0.4, -0.2) is 98.8 Å². The molecule has 4 rings (SSSR count). The highest BCUT2D eigenvalue weighted by Gasteiger charge is 2.17. The van der Waals surface area contributed by atoms with Crippen LogP contribution in [0.4, 0.5) is 5.82 Å². The molecule has 0 aromatic carbocycles. The molecule has 1 aliphatic rings. The lowest BCUT2D eigenvalue weighted by Gasteiger charge is -2.31. The Balaban J connectivity index is 1.49. The van der Waals surface area contributed by atoms with Crippen molar-refractivity contribution < 1.29 is 4.79 Å². The number of piperazine rings is 1. The van der Waals surface area contributed by atoms with E-state index in [1.165, 1.54) is 0 Å². The quantitative estimate of drug-likeness (QED) is 0.506. The highest BCUT2D eigenvalue weighted by molar-refractivity contribution is 6.56. The Bertz CT molecular complexity index is 1060. The van der Waals surface area contributed by atoms with Gasteiger partial charge in [-0.3, -0.25) is 19.4 Å². The van der Waals surface area contributed by atoms with E-state index in [0.29, 0.717) is 12.4 Å². The second kappa shape index (κ2) is 8.24. The lowest BCUT2D eigenvalue weighted by molar-refractivity contribution is -0.117. The monoisotopic (exact) mass is 401 g/mol. The first kappa shape index (κ1) is 20.6. The summed E-state index contributed by atoms with van der Waals surface area (Å²) in [6.07, 6.45) is 7.39. The van der Waals surface area contributed by atoms with Crippen LogP contribution in [0.1, 0.15) is 0 Å². The fraction of sp³-hybridized carbons (Fsp3) is 0.368. The molecule has 1 fully saturated rings. The molecule has 3 aromatic rings. The van der Waals surface area contributed by atoms with Crippen molar-refractivity contribution >= 4 is 46.0 Å². The van der Waals surface area contributed by atoms with Crippen molar-refractivity contribution in [2.75, 3.05) is 45.1 Å². The van der Waals surface area contributed by atoms with Crippen LogP contribution in [0.2, 0.25) is 0 Å². The van der Waals surface area contributed by atoms with Crippen LogP contribution in [0.25, 0.3) is 22.0 Å². The highest BCUT2D eigenvalue weighted by Crippen LogP contribution is 2.23. The molecule has 0 saturated carbocycles. The van der Waals surface area contributed by atoms with Crippen molar-refractivity contribution in [2.24, 2.45) is 0 Å². The Kier molecular flexibility index (Phi) is 5.66. The van der Waals surface area contributed by atoms with Crippen LogP contribution < -0.4 is 5.32 Å². The average Bonchev–Trinajstić information content (AvgIpc) is 3.20. The molecule has 1 saturated heterocycles. The van der Waals surface area contributed by atoms with Gasteiger partial charge >= 0.3 is 0 Å². The molecule has 0 radical (unpaired) electrons. The number of carbonyl (C=O) groups is 1. The molecule has 1 amide bonds. The largest absolute Gasteiger partial charge is 0.310 e. The van der Waals surface area contributed by atoms with Gasteiger partial charge in [0.05, 0.1) is 18.4 Å². The Morgan fingerprint density at radius 2 is 1.80 bits per heavy atom. The summed E-state index contributed by atoms with van der Waals surface area (Å²) in [5.41, 5.74) is 1.81. The number of amides is 1. The summed E-state index contributed by atoms with van der Waals surface area (Å²) in [4.78, 5) is 25.8. The average molecular weight is 401 g/mol. The standard InChI is InChI=1S/C19H26B3N7O/c1-27-2-4-28(5-3-27)12-18(30)26-17-7-13-6-16(23-8-14(13)9-24-17)15-10-25-29(11-15)19(20,21)22/h6-11H,2-5,12,20-22H2,1H3,(H,24,26,30). The van der Waals surface area contributed by atoms with Crippen LogP contribution in [-0.2, 0) is 10.0 Å². The maximum Gasteiger partial charge on any atom is 0.239 e. The molecular weight excluding hydrogens is 375 g/mol. The number of anilines is 1. The fourth-order valence-corrected chi connectivity index (χ4v) is 3.48. The minimum Gasteiger partial charge on any atom is -0.310 e. The van der Waals surface area contributed by atoms with Crippen LogP contribution in [0.15, 0.2) is 36.9 Å². The molecule has 0 bridgehead atoms. The summed E-state index contributed by atoms with van der Waals surface area (Å²) in [5, 5.41) is 9.22. The van der Waals surface area contributed by atoms with E-state index in [4.69, 9.17) is 0 Å². The van der Waals surface area contributed by atoms with Crippen LogP contribution in [0.3, 0.4) is 0 Å². The van der Waals surface area contributed by atoms with E-state index in [1.807, 2.05) is 35.4 Å². The Hall–Kier alpha value is -2.65. The topological polar surface area (TPSA) is 79.2 Å². The number of hydrogen-bond acceptors (Lipinski definition) is 6. The van der Waals surface area contributed by atoms with Gasteiger partial charge in [-0.2, -0.15) is 5.10 Å². The fourth-order valence-electron chi connectivity index (χ4n) is 3.48. The van der Waals surface area contributed by atoms with Crippen LogP contribution in [0, 0.1) is 0 Å². The Morgan fingerprint density at radius 1 is 1.07 bits per heavy atom. The first-order valence-electron chi connectivity index (χ1n) is 10.3. The summed E-state index contributed by atoms with van der Waals surface area (Å²) < 4.78 is 1.94. The zero-order valence-electron chi connectivity index (χ0n) is 18.1. The van der Waals surface area contributed by atoms with E-state index in [0.717, 1.165) is 48.2 Å². The van der Waals surface area contributed by atoms with Gasteiger partial charge in [0.25, 0.3) is 0 Å². The third kappa shape index (κ3) is 4.74. The molecule has 1 N–H and O–H groups in total. The highest BCUT2D eigenvalue weighted by atomic mass is 16.2. The number of carbonyl (C=O) groups excluding carboxylic acids is 1. The van der Waals surface area contributed by atoms with E-state index in [9.17, 15) is 4.79 Å². The van der Waals surface area contributed by atoms with Crippen LogP contribution >= 0.6 is 0 Å². The maximum absolute atomic E-state index is 12.5. The van der Waals surface area contributed by atoms with E-state index in [2.05, 4.69) is 60.8 Å². The van der Waals surface area contributed by atoms with Crippen LogP contribution in [0.5, 0.6) is 0 Å². The van der Waals surface area contributed by atoms with Crippen molar-refractivity contribution in [2.45, 2.75) is 5.24 Å². The van der Waals surface area contributed by atoms with Gasteiger partial charge in [0.2, 0.25) is 5.91 Å². The number of likely N-dealkylation sites (N-methyl/N-ethyl adjacent to an activating group) is 1. The van der Waals surface area contributed by atoms with Crippen molar-refractivity contribution in [1.29, 1.82) is 0 Å². The molecule has 4 heterocycles. The summed E-state index contributed by atoms with van der Waals surface area (Å²) in [7, 11) is 8.44. The molecule has 1 aliphatic heterocycles. The van der Waals surface area contributed by atoms with Gasteiger partial charge in [0.1, 0.15) is 29.4 Å². The first-order valence-corrected chi connectivity index (χ1v) is 10.3. The van der Waals surface area contributed by atoms with Crippen molar-refractivity contribution in [3.63, 3.8) is 0 Å². The number of nitrogens with zero attached hydrogens (tertiary/aromatic N) is 6. The lowest BCUT2D eigenvalue weighted by atomic mass is 9.49. The zero-order chi connectivity index (χ0) is 21.3. The zero-order valence-corrected chi connectivity index (χ0v) is 18.1. The van der Waals surface area contributed by atoms with Gasteiger partial charge in [0.15, 0.2) is 0 Å². The number of nitrogens with one attached hydrogen (secondary N) is 1. The minimum atomic E-state index is -0.0831. The van der Waals surface area contributed by atoms with Crippen molar-refractivity contribution in [3.8, 4) is 11.3 Å². The van der Waals surface area contributed by atoms with Gasteiger partial charge in [-0.1, -0.05) is 0 Å². The summed E-state index contributed by atoms with van der Waals surface area (Å²) in [5.74, 6) is 0.524. The molecule has 8 nitrogen and oxygen atoms in total. The molecule has 0 unspecified atom stereocenters. The second-order valence-corrected chi connectivity index (χ2v) is 8.96. The smallest absolute Gasteiger partial charge is 0.239 e. The Labute approximate surface area is 179 Å². The molecule has 0 atom stereocenters. The SMILES string of the molecule is BC(B)(B)n1cc(-c2cc3cc(NC(=O)CN4CCN(C)CC4)ncc3cn2)cn1. The predicted molar refractivity (Wildman–Crippen MR) is 127 cm³/mol. The number of pyridine rings is 2. The first-order chi connectivity index (χ1) is 14.3. The van der Waals surface area contributed by atoms with E-state index in [1.54, 1.807) is 6.20 Å². The molecule has 30 heavy (non-hydrogen) atoms. The van der Waals surface area contributed by atoms with Gasteiger partial charge in [-0.15, -0.1) is 0 Å². The van der Waals surface area contributed by atoms with E-state index in [-0.39, 0.29) is 11.1 Å². The van der Waals surface area contributed by atoms with E-state index >= 15 is 0 Å². The number of hydrogen-bond donors (Lipinski definition) is 1. The molecule has 3 aromatic heterocycles. The molecule has 11 heteroatoms. The lowest BCUT2D eigenvalue weighted by Crippen LogP contribution is -2.47. The molecule has 152 valence electrons. The maximum atomic E-state index is 12.5.